The average Bonchev–Trinajstić information content (AvgIpc) is 2.80. The van der Waals surface area contributed by atoms with Crippen molar-refractivity contribution in [3.63, 3.8) is 0 Å². The van der Waals surface area contributed by atoms with Gasteiger partial charge in [-0.15, -0.1) is 0 Å². The molecule has 0 saturated heterocycles. The Morgan fingerprint density at radius 1 is 1.27 bits per heavy atom. The molecule has 0 aliphatic heterocycles. The summed E-state index contributed by atoms with van der Waals surface area (Å²) >= 11 is 0. The van der Waals surface area contributed by atoms with Crippen molar-refractivity contribution in [3.8, 4) is 11.5 Å². The second kappa shape index (κ2) is 4.78. The van der Waals surface area contributed by atoms with Crippen molar-refractivity contribution in [3.05, 3.63) is 42.3 Å². The molecule has 2 heteroatoms. The van der Waals surface area contributed by atoms with E-state index in [1.54, 1.807) is 12.5 Å². The lowest BCUT2D eigenvalue weighted by Gasteiger charge is -2.04. The van der Waals surface area contributed by atoms with Crippen LogP contribution in [-0.2, 0) is 6.42 Å². The molecule has 0 N–H and O–H groups in total. The van der Waals surface area contributed by atoms with Crippen molar-refractivity contribution in [1.82, 2.24) is 4.98 Å². The number of benzene rings is 1. The Hall–Kier alpha value is -1.57. The molecule has 0 amide bonds. The van der Waals surface area contributed by atoms with Crippen molar-refractivity contribution in [1.29, 1.82) is 0 Å². The van der Waals surface area contributed by atoms with Gasteiger partial charge in [-0.3, -0.25) is 0 Å². The summed E-state index contributed by atoms with van der Waals surface area (Å²) in [5, 5.41) is 0. The normalized spacial score (nSPS) is 10.5. The second-order valence-electron chi connectivity index (χ2n) is 3.60. The van der Waals surface area contributed by atoms with Crippen LogP contribution < -0.4 is 0 Å². The zero-order valence-electron chi connectivity index (χ0n) is 8.94. The molecule has 2 rings (SSSR count). The summed E-state index contributed by atoms with van der Waals surface area (Å²) in [6, 6.07) is 8.30. The van der Waals surface area contributed by atoms with E-state index in [2.05, 4.69) is 30.1 Å². The molecule has 1 aromatic heterocycles. The molecule has 0 spiro atoms. The summed E-state index contributed by atoms with van der Waals surface area (Å²) < 4.78 is 5.33. The average molecular weight is 201 g/mol. The first kappa shape index (κ1) is 9.97. The molecule has 0 unspecified atom stereocenters. The molecule has 1 aromatic carbocycles. The van der Waals surface area contributed by atoms with Gasteiger partial charge in [0.1, 0.15) is 6.26 Å². The fourth-order valence-corrected chi connectivity index (χ4v) is 1.67. The molecule has 1 heterocycles. The quantitative estimate of drug-likeness (QED) is 0.754. The van der Waals surface area contributed by atoms with E-state index >= 15 is 0 Å². The van der Waals surface area contributed by atoms with E-state index in [0.29, 0.717) is 0 Å². The van der Waals surface area contributed by atoms with Crippen LogP contribution in [0, 0.1) is 0 Å². The summed E-state index contributed by atoms with van der Waals surface area (Å²) in [6.07, 6.45) is 6.81. The minimum atomic E-state index is 0.724. The van der Waals surface area contributed by atoms with E-state index in [4.69, 9.17) is 4.42 Å². The van der Waals surface area contributed by atoms with Crippen LogP contribution in [0.25, 0.3) is 11.5 Å². The van der Waals surface area contributed by atoms with Gasteiger partial charge in [-0.1, -0.05) is 31.5 Å². The van der Waals surface area contributed by atoms with Crippen LogP contribution in [0.3, 0.4) is 0 Å². The maximum atomic E-state index is 5.33. The van der Waals surface area contributed by atoms with Crippen LogP contribution in [-0.4, -0.2) is 4.98 Å². The highest BCUT2D eigenvalue weighted by atomic mass is 16.3. The number of nitrogens with zero attached hydrogens (tertiary/aromatic N) is 1. The third kappa shape index (κ3) is 2.27. The van der Waals surface area contributed by atoms with Crippen LogP contribution in [0.15, 0.2) is 41.1 Å². The summed E-state index contributed by atoms with van der Waals surface area (Å²) in [5.74, 6) is 0.724. The van der Waals surface area contributed by atoms with E-state index in [0.717, 1.165) is 17.9 Å². The van der Waals surface area contributed by atoms with Crippen molar-refractivity contribution in [2.24, 2.45) is 0 Å². The smallest absolute Gasteiger partial charge is 0.226 e. The van der Waals surface area contributed by atoms with Gasteiger partial charge in [0.2, 0.25) is 5.89 Å². The molecule has 2 aromatic rings. The standard InChI is InChI=1S/C13H15NO/c1-2-3-6-11-7-4-5-8-12(11)13-14-9-10-15-13/h4-5,7-10H,2-3,6H2,1H3. The highest BCUT2D eigenvalue weighted by Crippen LogP contribution is 2.23. The lowest BCUT2D eigenvalue weighted by atomic mass is 10.0. The number of aromatic nitrogens is 1. The molecule has 0 bridgehead atoms. The molecule has 0 aliphatic rings. The van der Waals surface area contributed by atoms with Gasteiger partial charge in [-0.05, 0) is 24.5 Å². The maximum Gasteiger partial charge on any atom is 0.226 e. The number of hydrogen-bond donors (Lipinski definition) is 0. The fraction of sp³-hybridized carbons (Fsp3) is 0.308. The highest BCUT2D eigenvalue weighted by Gasteiger charge is 2.07. The Morgan fingerprint density at radius 2 is 2.13 bits per heavy atom. The largest absolute Gasteiger partial charge is 0.445 e. The SMILES string of the molecule is CCCCc1ccccc1-c1ncco1. The minimum Gasteiger partial charge on any atom is -0.445 e. The van der Waals surface area contributed by atoms with Gasteiger partial charge in [0.25, 0.3) is 0 Å². The highest BCUT2D eigenvalue weighted by molar-refractivity contribution is 5.58. The van der Waals surface area contributed by atoms with E-state index in [1.165, 1.54) is 18.4 Å². The minimum absolute atomic E-state index is 0.724. The Kier molecular flexibility index (Phi) is 3.18. The van der Waals surface area contributed by atoms with E-state index in [-0.39, 0.29) is 0 Å². The Labute approximate surface area is 90.0 Å². The van der Waals surface area contributed by atoms with Crippen LogP contribution in [0.4, 0.5) is 0 Å². The molecule has 15 heavy (non-hydrogen) atoms. The summed E-state index contributed by atoms with van der Waals surface area (Å²) in [4.78, 5) is 4.19. The molecule has 0 atom stereocenters. The van der Waals surface area contributed by atoms with Crippen LogP contribution in [0.2, 0.25) is 0 Å². The van der Waals surface area contributed by atoms with E-state index in [9.17, 15) is 0 Å². The van der Waals surface area contributed by atoms with E-state index in [1.807, 2.05) is 6.07 Å². The first-order valence-corrected chi connectivity index (χ1v) is 5.39. The third-order valence-corrected chi connectivity index (χ3v) is 2.48. The Morgan fingerprint density at radius 3 is 2.87 bits per heavy atom. The molecular weight excluding hydrogens is 186 g/mol. The monoisotopic (exact) mass is 201 g/mol. The maximum absolute atomic E-state index is 5.33. The molecule has 2 nitrogen and oxygen atoms in total. The first-order chi connectivity index (χ1) is 7.42. The predicted octanol–water partition coefficient (Wildman–Crippen LogP) is 3.68. The number of aryl methyl sites for hydroxylation is 1. The van der Waals surface area contributed by atoms with Gasteiger partial charge in [-0.25, -0.2) is 4.98 Å². The number of hydrogen-bond acceptors (Lipinski definition) is 2. The summed E-state index contributed by atoms with van der Waals surface area (Å²) in [6.45, 7) is 2.20. The van der Waals surface area contributed by atoms with Crippen LogP contribution in [0.5, 0.6) is 0 Å². The zero-order valence-corrected chi connectivity index (χ0v) is 8.94. The van der Waals surface area contributed by atoms with Gasteiger partial charge in [0.15, 0.2) is 0 Å². The summed E-state index contributed by atoms with van der Waals surface area (Å²) in [5.41, 5.74) is 2.44. The lowest BCUT2D eigenvalue weighted by Crippen LogP contribution is -1.89. The number of unbranched alkanes of at least 4 members (excludes halogenated alkanes) is 1. The lowest BCUT2D eigenvalue weighted by molar-refractivity contribution is 0.573. The molecule has 0 aliphatic carbocycles. The van der Waals surface area contributed by atoms with Crippen molar-refractivity contribution < 1.29 is 4.42 Å². The van der Waals surface area contributed by atoms with E-state index < -0.39 is 0 Å². The van der Waals surface area contributed by atoms with Gasteiger partial charge in [0, 0.05) is 5.56 Å². The molecule has 0 radical (unpaired) electrons. The van der Waals surface area contributed by atoms with Gasteiger partial charge >= 0.3 is 0 Å². The van der Waals surface area contributed by atoms with Crippen LogP contribution >= 0.6 is 0 Å². The number of oxazole rings is 1. The molecule has 0 saturated carbocycles. The van der Waals surface area contributed by atoms with Crippen LogP contribution in [0.1, 0.15) is 25.3 Å². The van der Waals surface area contributed by atoms with Crippen molar-refractivity contribution in [2.75, 3.05) is 0 Å². The fourth-order valence-electron chi connectivity index (χ4n) is 1.67. The predicted molar refractivity (Wildman–Crippen MR) is 60.6 cm³/mol. The van der Waals surface area contributed by atoms with Crippen molar-refractivity contribution >= 4 is 0 Å². The first-order valence-electron chi connectivity index (χ1n) is 5.39. The topological polar surface area (TPSA) is 26.0 Å². The zero-order chi connectivity index (χ0) is 10.5. The molecule has 78 valence electrons. The molecular formula is C13H15NO. The summed E-state index contributed by atoms with van der Waals surface area (Å²) in [7, 11) is 0. The van der Waals surface area contributed by atoms with Gasteiger partial charge < -0.3 is 4.42 Å². The van der Waals surface area contributed by atoms with Crippen molar-refractivity contribution in [2.45, 2.75) is 26.2 Å². The Balaban J connectivity index is 2.30. The Bertz CT molecular complexity index is 406. The van der Waals surface area contributed by atoms with Gasteiger partial charge in [-0.2, -0.15) is 0 Å². The number of rotatable bonds is 4. The van der Waals surface area contributed by atoms with Gasteiger partial charge in [0.05, 0.1) is 6.20 Å². The second-order valence-corrected chi connectivity index (χ2v) is 3.60. The third-order valence-electron chi connectivity index (χ3n) is 2.48. The molecule has 0 fully saturated rings.